The van der Waals surface area contributed by atoms with E-state index in [1.165, 1.54) is 12.1 Å². The molecule has 1 fully saturated rings. The zero-order valence-electron chi connectivity index (χ0n) is 16.6. The normalized spacial score (nSPS) is 23.1. The molecule has 1 N–H and O–H groups in total. The van der Waals surface area contributed by atoms with Crippen molar-refractivity contribution in [1.29, 1.82) is 0 Å². The third-order valence-electron chi connectivity index (χ3n) is 5.63. The lowest BCUT2D eigenvalue weighted by Gasteiger charge is -2.46. The Morgan fingerprint density at radius 1 is 1.30 bits per heavy atom. The SMILES string of the molecule is CCOc1c(F)cc(C2CC3(C=Cc4ccccc4O3)CCN2CC(=O)O)cc1F. The molecule has 2 heterocycles. The summed E-state index contributed by atoms with van der Waals surface area (Å²) in [6.45, 7) is 1.98. The van der Waals surface area contributed by atoms with Gasteiger partial charge >= 0.3 is 5.97 Å². The maximum atomic E-state index is 14.5. The fourth-order valence-electron chi connectivity index (χ4n) is 4.24. The molecule has 4 rings (SSSR count). The number of likely N-dealkylation sites (tertiary alicyclic amines) is 1. The van der Waals surface area contributed by atoms with E-state index >= 15 is 0 Å². The number of ether oxygens (including phenoxy) is 2. The molecular weight excluding hydrogens is 392 g/mol. The molecule has 0 bridgehead atoms. The van der Waals surface area contributed by atoms with E-state index in [0.29, 0.717) is 24.9 Å². The van der Waals surface area contributed by atoms with Crippen LogP contribution in [-0.2, 0) is 4.79 Å². The first kappa shape index (κ1) is 20.3. The first-order valence-corrected chi connectivity index (χ1v) is 9.95. The second-order valence-corrected chi connectivity index (χ2v) is 7.62. The van der Waals surface area contributed by atoms with E-state index in [2.05, 4.69) is 0 Å². The fourth-order valence-corrected chi connectivity index (χ4v) is 4.24. The molecule has 1 saturated heterocycles. The van der Waals surface area contributed by atoms with Gasteiger partial charge in [0.2, 0.25) is 0 Å². The third-order valence-corrected chi connectivity index (χ3v) is 5.63. The lowest BCUT2D eigenvalue weighted by atomic mass is 9.81. The van der Waals surface area contributed by atoms with Crippen molar-refractivity contribution in [2.24, 2.45) is 0 Å². The van der Waals surface area contributed by atoms with Crippen LogP contribution in [0, 0.1) is 11.6 Å². The standard InChI is InChI=1S/C23H23F2NO4/c1-2-29-22-17(24)11-16(12-18(22)25)19-13-23(9-10-26(19)14-21(27)28)8-7-15-5-3-4-6-20(15)30-23/h3-8,11-12,19H,2,9-10,13-14H2,1H3,(H,27,28). The Morgan fingerprint density at radius 2 is 2.03 bits per heavy atom. The minimum Gasteiger partial charge on any atom is -0.488 e. The number of halogens is 2. The summed E-state index contributed by atoms with van der Waals surface area (Å²) in [5.41, 5.74) is 0.662. The molecule has 2 atom stereocenters. The Morgan fingerprint density at radius 3 is 2.73 bits per heavy atom. The average molecular weight is 415 g/mol. The van der Waals surface area contributed by atoms with Gasteiger partial charge in [-0.2, -0.15) is 0 Å². The number of piperidine rings is 1. The molecule has 2 aromatic carbocycles. The molecule has 158 valence electrons. The smallest absolute Gasteiger partial charge is 0.317 e. The number of fused-ring (bicyclic) bond motifs is 1. The van der Waals surface area contributed by atoms with Crippen molar-refractivity contribution in [2.75, 3.05) is 19.7 Å². The minimum atomic E-state index is -0.992. The van der Waals surface area contributed by atoms with Gasteiger partial charge < -0.3 is 14.6 Å². The van der Waals surface area contributed by atoms with E-state index in [-0.39, 0.29) is 13.2 Å². The van der Waals surface area contributed by atoms with Crippen molar-refractivity contribution in [3.63, 3.8) is 0 Å². The van der Waals surface area contributed by atoms with Gasteiger partial charge in [0, 0.05) is 31.0 Å². The van der Waals surface area contributed by atoms with Gasteiger partial charge in [0.1, 0.15) is 11.4 Å². The highest BCUT2D eigenvalue weighted by molar-refractivity contribution is 5.69. The molecule has 0 amide bonds. The molecule has 0 saturated carbocycles. The molecule has 0 radical (unpaired) electrons. The van der Waals surface area contributed by atoms with Gasteiger partial charge in [-0.1, -0.05) is 24.3 Å². The van der Waals surface area contributed by atoms with Crippen LogP contribution in [0.4, 0.5) is 8.78 Å². The van der Waals surface area contributed by atoms with Crippen LogP contribution in [0.2, 0.25) is 0 Å². The van der Waals surface area contributed by atoms with Crippen molar-refractivity contribution in [3.05, 3.63) is 65.2 Å². The first-order valence-electron chi connectivity index (χ1n) is 9.95. The van der Waals surface area contributed by atoms with Crippen LogP contribution in [-0.4, -0.2) is 41.3 Å². The van der Waals surface area contributed by atoms with Gasteiger partial charge in [0.25, 0.3) is 0 Å². The van der Waals surface area contributed by atoms with Crippen molar-refractivity contribution >= 4 is 12.0 Å². The Balaban J connectivity index is 1.69. The zero-order chi connectivity index (χ0) is 21.3. The van der Waals surface area contributed by atoms with Gasteiger partial charge in [-0.15, -0.1) is 0 Å². The van der Waals surface area contributed by atoms with Gasteiger partial charge in [0.15, 0.2) is 17.4 Å². The van der Waals surface area contributed by atoms with Crippen molar-refractivity contribution in [1.82, 2.24) is 4.90 Å². The van der Waals surface area contributed by atoms with Crippen LogP contribution in [0.5, 0.6) is 11.5 Å². The second-order valence-electron chi connectivity index (χ2n) is 7.62. The number of aliphatic carboxylic acids is 1. The van der Waals surface area contributed by atoms with Crippen LogP contribution < -0.4 is 9.47 Å². The average Bonchev–Trinajstić information content (AvgIpc) is 2.71. The monoisotopic (exact) mass is 415 g/mol. The molecule has 1 spiro atoms. The molecule has 0 aliphatic carbocycles. The minimum absolute atomic E-state index is 0.142. The van der Waals surface area contributed by atoms with Crippen LogP contribution in [0.25, 0.3) is 6.08 Å². The summed E-state index contributed by atoms with van der Waals surface area (Å²) in [5.74, 6) is -2.26. The summed E-state index contributed by atoms with van der Waals surface area (Å²) < 4.78 is 40.4. The number of benzene rings is 2. The second kappa shape index (κ2) is 8.07. The topological polar surface area (TPSA) is 59.0 Å². The third kappa shape index (κ3) is 3.89. The summed E-state index contributed by atoms with van der Waals surface area (Å²) in [5, 5.41) is 9.33. The first-order chi connectivity index (χ1) is 14.4. The molecule has 2 aliphatic heterocycles. The molecule has 2 unspecified atom stereocenters. The Kier molecular flexibility index (Phi) is 5.47. The molecular formula is C23H23F2NO4. The summed E-state index contributed by atoms with van der Waals surface area (Å²) >= 11 is 0. The van der Waals surface area contributed by atoms with E-state index in [9.17, 15) is 18.7 Å². The summed E-state index contributed by atoms with van der Waals surface area (Å²) in [6.07, 6.45) is 4.91. The fraction of sp³-hybridized carbons (Fsp3) is 0.348. The summed E-state index contributed by atoms with van der Waals surface area (Å²) in [6, 6.07) is 9.58. The van der Waals surface area contributed by atoms with Crippen molar-refractivity contribution in [3.8, 4) is 11.5 Å². The molecule has 0 aromatic heterocycles. The molecule has 2 aliphatic rings. The molecule has 7 heteroatoms. The number of nitrogens with zero attached hydrogens (tertiary/aromatic N) is 1. The zero-order valence-corrected chi connectivity index (χ0v) is 16.6. The molecule has 5 nitrogen and oxygen atoms in total. The Bertz CT molecular complexity index is 970. The predicted molar refractivity (Wildman–Crippen MR) is 108 cm³/mol. The van der Waals surface area contributed by atoms with Crippen molar-refractivity contribution in [2.45, 2.75) is 31.4 Å². The summed E-state index contributed by atoms with van der Waals surface area (Å²) in [4.78, 5) is 13.1. The number of carboxylic acid groups (broad SMARTS) is 1. The van der Waals surface area contributed by atoms with E-state index in [1.54, 1.807) is 11.8 Å². The number of hydrogen-bond donors (Lipinski definition) is 1. The maximum Gasteiger partial charge on any atom is 0.317 e. The number of rotatable bonds is 5. The van der Waals surface area contributed by atoms with E-state index in [1.807, 2.05) is 36.4 Å². The Labute approximate surface area is 173 Å². The van der Waals surface area contributed by atoms with Crippen molar-refractivity contribution < 1.29 is 28.2 Å². The molecule has 30 heavy (non-hydrogen) atoms. The van der Waals surface area contributed by atoms with Gasteiger partial charge in [-0.05, 0) is 36.8 Å². The largest absolute Gasteiger partial charge is 0.488 e. The predicted octanol–water partition coefficient (Wildman–Crippen LogP) is 4.43. The number of hydrogen-bond acceptors (Lipinski definition) is 4. The number of carbonyl (C=O) groups is 1. The van der Waals surface area contributed by atoms with Gasteiger partial charge in [-0.3, -0.25) is 9.69 Å². The number of para-hydroxylation sites is 1. The van der Waals surface area contributed by atoms with E-state index in [4.69, 9.17) is 9.47 Å². The maximum absolute atomic E-state index is 14.5. The van der Waals surface area contributed by atoms with Gasteiger partial charge in [-0.25, -0.2) is 8.78 Å². The van der Waals surface area contributed by atoms with Crippen LogP contribution in [0.15, 0.2) is 42.5 Å². The molecule has 2 aromatic rings. The number of carboxylic acids is 1. The lowest BCUT2D eigenvalue weighted by Crippen LogP contribution is -2.50. The highest BCUT2D eigenvalue weighted by Crippen LogP contribution is 2.44. The van der Waals surface area contributed by atoms with Crippen LogP contribution in [0.1, 0.15) is 36.9 Å². The summed E-state index contributed by atoms with van der Waals surface area (Å²) in [7, 11) is 0. The lowest BCUT2D eigenvalue weighted by molar-refractivity contribution is -0.140. The highest BCUT2D eigenvalue weighted by atomic mass is 19.1. The van der Waals surface area contributed by atoms with Gasteiger partial charge in [0.05, 0.1) is 13.2 Å². The van der Waals surface area contributed by atoms with Crippen LogP contribution in [0.3, 0.4) is 0 Å². The highest BCUT2D eigenvalue weighted by Gasteiger charge is 2.43. The van der Waals surface area contributed by atoms with E-state index < -0.39 is 35.0 Å². The van der Waals surface area contributed by atoms with Crippen LogP contribution >= 0.6 is 0 Å². The van der Waals surface area contributed by atoms with E-state index in [0.717, 1.165) is 11.3 Å². The Hall–Kier alpha value is -2.93. The quantitative estimate of drug-likeness (QED) is 0.783.